The van der Waals surface area contributed by atoms with E-state index in [9.17, 15) is 14.4 Å². The molecule has 0 aliphatic heterocycles. The maximum atomic E-state index is 12.9. The molecule has 82 heavy (non-hydrogen) atoms. The van der Waals surface area contributed by atoms with Crippen LogP contribution in [0.5, 0.6) is 0 Å². The third-order valence-electron chi connectivity index (χ3n) is 16.3. The first-order chi connectivity index (χ1) is 40.5. The average molecular weight is 1150 g/mol. The molecule has 0 aromatic carbocycles. The minimum absolute atomic E-state index is 0.0753. The molecule has 6 nitrogen and oxygen atoms in total. The number of hydrogen-bond donors (Lipinski definition) is 0. The van der Waals surface area contributed by atoms with E-state index in [0.29, 0.717) is 19.3 Å². The van der Waals surface area contributed by atoms with Gasteiger partial charge in [0, 0.05) is 19.3 Å². The molecule has 0 fully saturated rings. The molecule has 0 rings (SSSR count). The maximum absolute atomic E-state index is 12.9. The summed E-state index contributed by atoms with van der Waals surface area (Å²) >= 11 is 0. The average Bonchev–Trinajstić information content (AvgIpc) is 3.47. The molecule has 1 unspecified atom stereocenters. The SMILES string of the molecule is CC/C=C\C/C=C\C/C=C\C/C=C\CCCCCCCCC(=O)OC(COC(=O)CCCCCCCCCCCCCC)COC(=O)CCCCCCCCCCCCCCCCCCCCCCC/C=C\CCCCCCCCCC. The Morgan fingerprint density at radius 1 is 0.256 bits per heavy atom. The van der Waals surface area contributed by atoms with E-state index in [0.717, 1.165) is 96.3 Å². The van der Waals surface area contributed by atoms with Crippen LogP contribution in [-0.2, 0) is 28.6 Å². The topological polar surface area (TPSA) is 78.9 Å². The second-order valence-electron chi connectivity index (χ2n) is 24.5. The van der Waals surface area contributed by atoms with Crippen LogP contribution in [0.15, 0.2) is 60.8 Å². The summed E-state index contributed by atoms with van der Waals surface area (Å²) < 4.78 is 17.0. The van der Waals surface area contributed by atoms with Gasteiger partial charge in [-0.25, -0.2) is 0 Å². The monoisotopic (exact) mass is 1150 g/mol. The number of rotatable bonds is 67. The molecule has 0 aromatic heterocycles. The highest BCUT2D eigenvalue weighted by Gasteiger charge is 2.19. The zero-order valence-corrected chi connectivity index (χ0v) is 55.0. The van der Waals surface area contributed by atoms with Crippen LogP contribution in [0, 0.1) is 0 Å². The molecule has 6 heteroatoms. The lowest BCUT2D eigenvalue weighted by molar-refractivity contribution is -0.167. The molecule has 0 aliphatic carbocycles. The molecular weight excluding hydrogens is 1010 g/mol. The Morgan fingerprint density at radius 3 is 0.756 bits per heavy atom. The van der Waals surface area contributed by atoms with Crippen molar-refractivity contribution in [3.05, 3.63) is 60.8 Å². The lowest BCUT2D eigenvalue weighted by Gasteiger charge is -2.18. The Labute approximate surface area is 510 Å². The molecule has 0 aliphatic rings. The van der Waals surface area contributed by atoms with Crippen LogP contribution in [0.4, 0.5) is 0 Å². The van der Waals surface area contributed by atoms with Crippen molar-refractivity contribution in [2.45, 2.75) is 393 Å². The van der Waals surface area contributed by atoms with Crippen molar-refractivity contribution in [2.75, 3.05) is 13.2 Å². The highest BCUT2D eigenvalue weighted by Crippen LogP contribution is 2.18. The fourth-order valence-electron chi connectivity index (χ4n) is 10.8. The summed E-state index contributed by atoms with van der Waals surface area (Å²) in [6, 6.07) is 0. The van der Waals surface area contributed by atoms with Gasteiger partial charge in [-0.2, -0.15) is 0 Å². The lowest BCUT2D eigenvalue weighted by Crippen LogP contribution is -2.30. The summed E-state index contributed by atoms with van der Waals surface area (Å²) in [5.74, 6) is -0.866. The molecule has 0 heterocycles. The summed E-state index contributed by atoms with van der Waals surface area (Å²) in [5.41, 5.74) is 0. The standard InChI is InChI=1S/C76H138O6/c1-4-7-10-13-16-19-22-25-27-29-31-32-33-34-35-36-37-38-39-40-41-42-43-44-46-47-49-51-54-57-60-63-66-69-75(78)81-72-73(71-80-74(77)68-65-62-59-56-53-24-21-18-15-12-9-6-3)82-76(79)70-67-64-61-58-55-52-50-48-45-30-28-26-23-20-17-14-11-8-5-2/h8,11,17,20,26,28-29,31,45,48,73H,4-7,9-10,12-16,18-19,21-25,27,30,32-44,46-47,49-72H2,1-3H3/b11-8-,20-17-,28-26-,31-29-,48-45-. The molecule has 0 aromatic rings. The largest absolute Gasteiger partial charge is 0.462 e. The predicted molar refractivity (Wildman–Crippen MR) is 358 cm³/mol. The van der Waals surface area contributed by atoms with Crippen LogP contribution < -0.4 is 0 Å². The third-order valence-corrected chi connectivity index (χ3v) is 16.3. The predicted octanol–water partition coefficient (Wildman–Crippen LogP) is 25.1. The van der Waals surface area contributed by atoms with Crippen LogP contribution in [-0.4, -0.2) is 37.2 Å². The van der Waals surface area contributed by atoms with E-state index in [1.54, 1.807) is 0 Å². The first-order valence-electron chi connectivity index (χ1n) is 36.3. The van der Waals surface area contributed by atoms with Gasteiger partial charge in [-0.1, -0.05) is 345 Å². The number of hydrogen-bond acceptors (Lipinski definition) is 6. The van der Waals surface area contributed by atoms with Gasteiger partial charge in [0.15, 0.2) is 6.10 Å². The maximum Gasteiger partial charge on any atom is 0.306 e. The molecule has 0 amide bonds. The van der Waals surface area contributed by atoms with Crippen molar-refractivity contribution >= 4 is 17.9 Å². The van der Waals surface area contributed by atoms with Gasteiger partial charge < -0.3 is 14.2 Å². The van der Waals surface area contributed by atoms with Crippen LogP contribution in [0.3, 0.4) is 0 Å². The van der Waals surface area contributed by atoms with E-state index < -0.39 is 6.10 Å². The Balaban J connectivity index is 4.12. The second-order valence-corrected chi connectivity index (χ2v) is 24.5. The Morgan fingerprint density at radius 2 is 0.476 bits per heavy atom. The Kier molecular flexibility index (Phi) is 68.1. The molecule has 0 saturated heterocycles. The van der Waals surface area contributed by atoms with Crippen molar-refractivity contribution in [1.29, 1.82) is 0 Å². The van der Waals surface area contributed by atoms with Gasteiger partial charge in [0.05, 0.1) is 0 Å². The van der Waals surface area contributed by atoms with E-state index >= 15 is 0 Å². The van der Waals surface area contributed by atoms with Gasteiger partial charge in [-0.15, -0.1) is 0 Å². The highest BCUT2D eigenvalue weighted by molar-refractivity contribution is 5.71. The highest BCUT2D eigenvalue weighted by atomic mass is 16.6. The Bertz CT molecular complexity index is 1460. The van der Waals surface area contributed by atoms with Gasteiger partial charge in [-0.05, 0) is 83.5 Å². The first kappa shape index (κ1) is 79.1. The number of unbranched alkanes of at least 4 members (excludes halogenated alkanes) is 46. The van der Waals surface area contributed by atoms with Gasteiger partial charge in [0.2, 0.25) is 0 Å². The number of ether oxygens (including phenoxy) is 3. The fourth-order valence-corrected chi connectivity index (χ4v) is 10.8. The van der Waals surface area contributed by atoms with Gasteiger partial charge in [0.25, 0.3) is 0 Å². The number of esters is 3. The number of carbonyl (C=O) groups is 3. The van der Waals surface area contributed by atoms with Gasteiger partial charge >= 0.3 is 17.9 Å². The zero-order valence-electron chi connectivity index (χ0n) is 55.0. The molecule has 0 saturated carbocycles. The summed E-state index contributed by atoms with van der Waals surface area (Å²) in [6.07, 6.45) is 91.3. The number of carbonyl (C=O) groups excluding carboxylic acids is 3. The van der Waals surface area contributed by atoms with E-state index in [-0.39, 0.29) is 31.1 Å². The van der Waals surface area contributed by atoms with Gasteiger partial charge in [0.1, 0.15) is 13.2 Å². The van der Waals surface area contributed by atoms with Gasteiger partial charge in [-0.3, -0.25) is 14.4 Å². The van der Waals surface area contributed by atoms with E-state index in [4.69, 9.17) is 14.2 Å². The smallest absolute Gasteiger partial charge is 0.306 e. The van der Waals surface area contributed by atoms with Crippen LogP contribution in [0.25, 0.3) is 0 Å². The molecule has 0 N–H and O–H groups in total. The second kappa shape index (κ2) is 70.6. The van der Waals surface area contributed by atoms with Crippen molar-refractivity contribution < 1.29 is 28.6 Å². The van der Waals surface area contributed by atoms with E-state index in [2.05, 4.69) is 81.5 Å². The Hall–Kier alpha value is -2.89. The summed E-state index contributed by atoms with van der Waals surface area (Å²) in [4.78, 5) is 38.4. The van der Waals surface area contributed by atoms with Crippen molar-refractivity contribution in [3.63, 3.8) is 0 Å². The fraction of sp³-hybridized carbons (Fsp3) is 0.829. The van der Waals surface area contributed by atoms with Crippen LogP contribution >= 0.6 is 0 Å². The molecule has 0 spiro atoms. The van der Waals surface area contributed by atoms with E-state index in [1.807, 2.05) is 0 Å². The lowest BCUT2D eigenvalue weighted by atomic mass is 10.0. The normalized spacial score (nSPS) is 12.4. The molecule has 478 valence electrons. The van der Waals surface area contributed by atoms with Crippen LogP contribution in [0.1, 0.15) is 387 Å². The molecule has 1 atom stereocenters. The number of allylic oxidation sites excluding steroid dienone is 10. The van der Waals surface area contributed by atoms with Crippen molar-refractivity contribution in [2.24, 2.45) is 0 Å². The quantitative estimate of drug-likeness (QED) is 0.0261. The van der Waals surface area contributed by atoms with E-state index in [1.165, 1.54) is 250 Å². The van der Waals surface area contributed by atoms with Crippen LogP contribution in [0.2, 0.25) is 0 Å². The molecule has 0 bridgehead atoms. The summed E-state index contributed by atoms with van der Waals surface area (Å²) in [7, 11) is 0. The van der Waals surface area contributed by atoms with Crippen molar-refractivity contribution in [3.8, 4) is 0 Å². The summed E-state index contributed by atoms with van der Waals surface area (Å²) in [5, 5.41) is 0. The first-order valence-corrected chi connectivity index (χ1v) is 36.3. The molecular formula is C76H138O6. The molecule has 0 radical (unpaired) electrons. The summed E-state index contributed by atoms with van der Waals surface area (Å²) in [6.45, 7) is 6.57. The minimum atomic E-state index is -0.780. The minimum Gasteiger partial charge on any atom is -0.462 e. The third kappa shape index (κ3) is 67.9. The zero-order chi connectivity index (χ0) is 59.2. The van der Waals surface area contributed by atoms with Crippen molar-refractivity contribution in [1.82, 2.24) is 0 Å².